The van der Waals surface area contributed by atoms with Gasteiger partial charge in [-0.25, -0.2) is 0 Å². The number of hydrogen-bond acceptors (Lipinski definition) is 3. The zero-order chi connectivity index (χ0) is 12.3. The van der Waals surface area contributed by atoms with Crippen molar-refractivity contribution in [3.63, 3.8) is 0 Å². The molecule has 0 saturated heterocycles. The monoisotopic (exact) mass is 306 g/mol. The van der Waals surface area contributed by atoms with Crippen molar-refractivity contribution in [1.82, 2.24) is 0 Å². The molecular weight excluding hydrogens is 296 g/mol. The first-order valence-corrected chi connectivity index (χ1v) is 6.79. The van der Waals surface area contributed by atoms with Gasteiger partial charge in [0.25, 0.3) is 0 Å². The predicted molar refractivity (Wildman–Crippen MR) is 75.2 cm³/mol. The lowest BCUT2D eigenvalue weighted by molar-refractivity contribution is 1.18. The molecule has 0 aliphatic rings. The van der Waals surface area contributed by atoms with Gasteiger partial charge in [-0.2, -0.15) is 5.26 Å². The maximum absolute atomic E-state index is 9.11. The van der Waals surface area contributed by atoms with E-state index in [0.717, 1.165) is 27.1 Å². The van der Waals surface area contributed by atoms with Gasteiger partial charge in [-0.15, -0.1) is 11.3 Å². The number of nitrogens with one attached hydrogen (secondary N) is 1. The fourth-order valence-electron chi connectivity index (χ4n) is 1.59. The van der Waals surface area contributed by atoms with Crippen molar-refractivity contribution in [1.29, 1.82) is 5.26 Å². The summed E-state index contributed by atoms with van der Waals surface area (Å²) in [4.78, 5) is 1.24. The third-order valence-electron chi connectivity index (χ3n) is 2.47. The molecular formula is C13H11BrN2S. The molecule has 0 atom stereocenters. The fraction of sp³-hybridized carbons (Fsp3) is 0.154. The first-order chi connectivity index (χ1) is 8.20. The molecule has 1 aromatic carbocycles. The van der Waals surface area contributed by atoms with Gasteiger partial charge in [-0.1, -0.05) is 12.1 Å². The maximum atomic E-state index is 9.11. The first kappa shape index (κ1) is 12.2. The summed E-state index contributed by atoms with van der Waals surface area (Å²) in [6.45, 7) is 2.69. The van der Waals surface area contributed by atoms with Crippen molar-refractivity contribution in [2.24, 2.45) is 0 Å². The molecule has 0 bridgehead atoms. The molecule has 17 heavy (non-hydrogen) atoms. The molecule has 0 amide bonds. The van der Waals surface area contributed by atoms with E-state index < -0.39 is 0 Å². The quantitative estimate of drug-likeness (QED) is 0.917. The van der Waals surface area contributed by atoms with Crippen LogP contribution in [0.15, 0.2) is 34.1 Å². The lowest BCUT2D eigenvalue weighted by Gasteiger charge is -2.08. The van der Waals surface area contributed by atoms with Crippen LogP contribution in [0.5, 0.6) is 0 Å². The van der Waals surface area contributed by atoms with Crippen molar-refractivity contribution >= 4 is 33.0 Å². The van der Waals surface area contributed by atoms with Crippen LogP contribution in [0.2, 0.25) is 0 Å². The number of nitriles is 1. The van der Waals surface area contributed by atoms with Gasteiger partial charge in [0, 0.05) is 11.4 Å². The second-order valence-electron chi connectivity index (χ2n) is 3.67. The maximum Gasteiger partial charge on any atom is 0.102 e. The van der Waals surface area contributed by atoms with Crippen LogP contribution < -0.4 is 5.32 Å². The van der Waals surface area contributed by atoms with E-state index in [0.29, 0.717) is 0 Å². The molecule has 0 fully saturated rings. The highest BCUT2D eigenvalue weighted by Gasteiger charge is 2.04. The molecule has 2 rings (SSSR count). The Labute approximate surface area is 113 Å². The summed E-state index contributed by atoms with van der Waals surface area (Å²) in [5, 5.41) is 12.4. The molecule has 0 saturated carbocycles. The number of nitrogens with zero attached hydrogens (tertiary/aromatic N) is 1. The van der Waals surface area contributed by atoms with Crippen LogP contribution >= 0.6 is 27.3 Å². The van der Waals surface area contributed by atoms with Crippen molar-refractivity contribution in [3.05, 3.63) is 50.1 Å². The van der Waals surface area contributed by atoms with E-state index in [2.05, 4.69) is 33.4 Å². The van der Waals surface area contributed by atoms with Crippen LogP contribution in [0.4, 0.5) is 5.69 Å². The molecule has 1 aromatic heterocycles. The number of hydrogen-bond donors (Lipinski definition) is 1. The molecule has 1 heterocycles. The summed E-state index contributed by atoms with van der Waals surface area (Å²) >= 11 is 5.13. The molecule has 0 aliphatic heterocycles. The smallest absolute Gasteiger partial charge is 0.102 e. The van der Waals surface area contributed by atoms with E-state index in [-0.39, 0.29) is 0 Å². The van der Waals surface area contributed by atoms with Gasteiger partial charge in [0.1, 0.15) is 6.07 Å². The molecule has 2 nitrogen and oxygen atoms in total. The van der Waals surface area contributed by atoms with E-state index in [1.54, 1.807) is 11.3 Å². The van der Waals surface area contributed by atoms with Gasteiger partial charge < -0.3 is 5.32 Å². The second kappa shape index (κ2) is 5.35. The summed E-state index contributed by atoms with van der Waals surface area (Å²) in [6.07, 6.45) is 0. The lowest BCUT2D eigenvalue weighted by Crippen LogP contribution is -2.00. The minimum absolute atomic E-state index is 0.725. The average Bonchev–Trinajstić information content (AvgIpc) is 2.72. The van der Waals surface area contributed by atoms with Gasteiger partial charge in [0.2, 0.25) is 0 Å². The van der Waals surface area contributed by atoms with E-state index >= 15 is 0 Å². The number of halogens is 1. The Morgan fingerprint density at radius 1 is 1.35 bits per heavy atom. The second-order valence-corrected chi connectivity index (χ2v) is 6.22. The zero-order valence-electron chi connectivity index (χ0n) is 9.33. The minimum Gasteiger partial charge on any atom is -0.379 e. The minimum atomic E-state index is 0.725. The van der Waals surface area contributed by atoms with Crippen LogP contribution in [0.3, 0.4) is 0 Å². The van der Waals surface area contributed by atoms with Crippen molar-refractivity contribution in [2.75, 3.05) is 5.32 Å². The third kappa shape index (κ3) is 2.87. The van der Waals surface area contributed by atoms with Gasteiger partial charge in [0.15, 0.2) is 0 Å². The number of benzene rings is 1. The number of aryl methyl sites for hydroxylation is 1. The Bertz CT molecular complexity index is 569. The van der Waals surface area contributed by atoms with Gasteiger partial charge >= 0.3 is 0 Å². The Morgan fingerprint density at radius 3 is 2.82 bits per heavy atom. The summed E-state index contributed by atoms with van der Waals surface area (Å²) in [6, 6.07) is 12.2. The van der Waals surface area contributed by atoms with Crippen molar-refractivity contribution in [2.45, 2.75) is 13.5 Å². The highest BCUT2D eigenvalue weighted by atomic mass is 79.9. The van der Waals surface area contributed by atoms with Crippen LogP contribution in [-0.4, -0.2) is 0 Å². The number of rotatable bonds is 3. The van der Waals surface area contributed by atoms with E-state index in [1.807, 2.05) is 31.2 Å². The molecule has 0 radical (unpaired) electrons. The molecule has 0 aliphatic carbocycles. The summed E-state index contributed by atoms with van der Waals surface area (Å²) < 4.78 is 1.12. The first-order valence-electron chi connectivity index (χ1n) is 5.18. The third-order valence-corrected chi connectivity index (χ3v) is 4.09. The molecule has 2 aromatic rings. The molecule has 0 spiro atoms. The van der Waals surface area contributed by atoms with E-state index in [4.69, 9.17) is 5.26 Å². The normalized spacial score (nSPS) is 9.94. The standard InChI is InChI=1S/C13H11BrN2S/c1-9-3-2-4-12(11(9)7-15)16-8-10-5-6-13(14)17-10/h2-6,16H,8H2,1H3. The molecule has 86 valence electrons. The largest absolute Gasteiger partial charge is 0.379 e. The van der Waals surface area contributed by atoms with E-state index in [1.165, 1.54) is 4.88 Å². The van der Waals surface area contributed by atoms with Crippen LogP contribution in [0.25, 0.3) is 0 Å². The van der Waals surface area contributed by atoms with Crippen molar-refractivity contribution in [3.8, 4) is 6.07 Å². The molecule has 4 heteroatoms. The Hall–Kier alpha value is -1.31. The lowest BCUT2D eigenvalue weighted by atomic mass is 10.1. The van der Waals surface area contributed by atoms with Gasteiger partial charge in [-0.05, 0) is 46.6 Å². The fourth-order valence-corrected chi connectivity index (χ4v) is 3.02. The average molecular weight is 307 g/mol. The van der Waals surface area contributed by atoms with Crippen LogP contribution in [-0.2, 0) is 6.54 Å². The summed E-state index contributed by atoms with van der Waals surface area (Å²) in [7, 11) is 0. The zero-order valence-corrected chi connectivity index (χ0v) is 11.7. The number of thiophene rings is 1. The molecule has 0 unspecified atom stereocenters. The Kier molecular flexibility index (Phi) is 3.82. The van der Waals surface area contributed by atoms with Gasteiger partial charge in [-0.3, -0.25) is 0 Å². The number of anilines is 1. The van der Waals surface area contributed by atoms with Gasteiger partial charge in [0.05, 0.1) is 15.0 Å². The Balaban J connectivity index is 2.14. The van der Waals surface area contributed by atoms with Crippen LogP contribution in [0, 0.1) is 18.3 Å². The van der Waals surface area contributed by atoms with E-state index in [9.17, 15) is 0 Å². The molecule has 1 N–H and O–H groups in total. The summed E-state index contributed by atoms with van der Waals surface area (Å²) in [5.74, 6) is 0. The SMILES string of the molecule is Cc1cccc(NCc2ccc(Br)s2)c1C#N. The topological polar surface area (TPSA) is 35.8 Å². The predicted octanol–water partition coefficient (Wildman–Crippen LogP) is 4.30. The summed E-state index contributed by atoms with van der Waals surface area (Å²) in [5.41, 5.74) is 2.63. The van der Waals surface area contributed by atoms with Crippen molar-refractivity contribution < 1.29 is 0 Å². The Morgan fingerprint density at radius 2 is 2.18 bits per heavy atom. The van der Waals surface area contributed by atoms with Crippen LogP contribution in [0.1, 0.15) is 16.0 Å². The highest BCUT2D eigenvalue weighted by Crippen LogP contribution is 2.24. The highest BCUT2D eigenvalue weighted by molar-refractivity contribution is 9.11.